The van der Waals surface area contributed by atoms with Crippen LogP contribution in [0.4, 0.5) is 0 Å². The highest BCUT2D eigenvalue weighted by Gasteiger charge is 2.49. The topological polar surface area (TPSA) is 29.9 Å². The molecule has 3 nitrogen and oxygen atoms in total. The second-order valence-electron chi connectivity index (χ2n) is 6.57. The predicted octanol–water partition coefficient (Wildman–Crippen LogP) is 3.18. The van der Waals surface area contributed by atoms with Gasteiger partial charge in [0.15, 0.2) is 0 Å². The molecule has 0 aromatic carbocycles. The summed E-state index contributed by atoms with van der Waals surface area (Å²) in [5.41, 5.74) is 4.39. The predicted molar refractivity (Wildman–Crippen MR) is 76.1 cm³/mol. The zero-order valence-electron chi connectivity index (χ0n) is 12.8. The fourth-order valence-electron chi connectivity index (χ4n) is 3.59. The summed E-state index contributed by atoms with van der Waals surface area (Å²) in [6.45, 7) is 13.5. The maximum atomic E-state index is 4.73. The van der Waals surface area contributed by atoms with Gasteiger partial charge in [-0.3, -0.25) is 4.68 Å². The number of hydrogen-bond donors (Lipinski definition) is 1. The molecule has 1 aliphatic carbocycles. The molecule has 1 heterocycles. The van der Waals surface area contributed by atoms with Crippen molar-refractivity contribution in [1.82, 2.24) is 15.1 Å². The van der Waals surface area contributed by atoms with E-state index in [9.17, 15) is 0 Å². The van der Waals surface area contributed by atoms with Gasteiger partial charge in [0.25, 0.3) is 0 Å². The van der Waals surface area contributed by atoms with E-state index in [1.165, 1.54) is 23.4 Å². The van der Waals surface area contributed by atoms with Crippen LogP contribution in [0.2, 0.25) is 0 Å². The van der Waals surface area contributed by atoms with Gasteiger partial charge in [0.2, 0.25) is 0 Å². The summed E-state index contributed by atoms with van der Waals surface area (Å²) < 4.78 is 2.17. The monoisotopic (exact) mass is 249 g/mol. The lowest BCUT2D eigenvalue weighted by Gasteiger charge is -2.52. The van der Waals surface area contributed by atoms with Crippen LogP contribution in [0.3, 0.4) is 0 Å². The van der Waals surface area contributed by atoms with E-state index in [1.807, 2.05) is 0 Å². The van der Waals surface area contributed by atoms with E-state index in [0.29, 0.717) is 23.4 Å². The van der Waals surface area contributed by atoms with Crippen molar-refractivity contribution >= 4 is 0 Å². The minimum Gasteiger partial charge on any atom is -0.316 e. The molecule has 0 aliphatic heterocycles. The van der Waals surface area contributed by atoms with Gasteiger partial charge in [0, 0.05) is 17.8 Å². The largest absolute Gasteiger partial charge is 0.316 e. The third kappa shape index (κ3) is 1.80. The molecule has 2 rings (SSSR count). The molecule has 1 aromatic heterocycles. The molecule has 0 saturated heterocycles. The average molecular weight is 249 g/mol. The lowest BCUT2D eigenvalue weighted by atomic mass is 9.56. The van der Waals surface area contributed by atoms with Crippen molar-refractivity contribution in [1.29, 1.82) is 0 Å². The third-order valence-corrected chi connectivity index (χ3v) is 4.83. The summed E-state index contributed by atoms with van der Waals surface area (Å²) in [4.78, 5) is 0. The molecule has 102 valence electrons. The van der Waals surface area contributed by atoms with Crippen LogP contribution in [0.25, 0.3) is 0 Å². The minimum absolute atomic E-state index is 0.328. The van der Waals surface area contributed by atoms with Crippen LogP contribution in [0.15, 0.2) is 0 Å². The third-order valence-electron chi connectivity index (χ3n) is 4.83. The normalized spacial score (nSPS) is 26.4. The van der Waals surface area contributed by atoms with Gasteiger partial charge in [-0.15, -0.1) is 0 Å². The van der Waals surface area contributed by atoms with E-state index in [-0.39, 0.29) is 0 Å². The van der Waals surface area contributed by atoms with E-state index in [4.69, 9.17) is 5.10 Å². The molecule has 1 aromatic rings. The summed E-state index contributed by atoms with van der Waals surface area (Å²) in [6.07, 6.45) is 1.23. The quantitative estimate of drug-likeness (QED) is 0.891. The second-order valence-corrected chi connectivity index (χ2v) is 6.57. The van der Waals surface area contributed by atoms with Crippen molar-refractivity contribution in [3.8, 4) is 0 Å². The van der Waals surface area contributed by atoms with Crippen LogP contribution in [-0.2, 0) is 0 Å². The minimum atomic E-state index is 0.328. The highest BCUT2D eigenvalue weighted by molar-refractivity contribution is 5.34. The molecule has 0 radical (unpaired) electrons. The summed E-state index contributed by atoms with van der Waals surface area (Å²) in [5.74, 6) is 0.641. The van der Waals surface area contributed by atoms with E-state index < -0.39 is 0 Å². The Balaban J connectivity index is 2.36. The molecule has 1 N–H and O–H groups in total. The first-order chi connectivity index (χ1) is 8.30. The molecule has 0 amide bonds. The SMILES string of the molecule is CNC1CC(c2c(C)nn(C(C)C)c2C)C1(C)C. The smallest absolute Gasteiger partial charge is 0.0631 e. The molecule has 2 atom stereocenters. The molecule has 18 heavy (non-hydrogen) atoms. The Kier molecular flexibility index (Phi) is 3.30. The van der Waals surface area contributed by atoms with Crippen molar-refractivity contribution in [2.45, 2.75) is 66.0 Å². The van der Waals surface area contributed by atoms with Crippen LogP contribution >= 0.6 is 0 Å². The first-order valence-electron chi connectivity index (χ1n) is 7.03. The molecule has 3 heteroatoms. The molecule has 1 fully saturated rings. The summed E-state index contributed by atoms with van der Waals surface area (Å²) >= 11 is 0. The summed E-state index contributed by atoms with van der Waals surface area (Å²) in [7, 11) is 2.07. The zero-order valence-corrected chi connectivity index (χ0v) is 12.8. The molecular formula is C15H27N3. The van der Waals surface area contributed by atoms with Crippen molar-refractivity contribution in [3.05, 3.63) is 17.0 Å². The number of hydrogen-bond acceptors (Lipinski definition) is 2. The van der Waals surface area contributed by atoms with Crippen LogP contribution in [0.5, 0.6) is 0 Å². The molecule has 0 spiro atoms. The van der Waals surface area contributed by atoms with Crippen LogP contribution in [0.1, 0.15) is 63.0 Å². The van der Waals surface area contributed by atoms with Gasteiger partial charge < -0.3 is 5.32 Å². The lowest BCUT2D eigenvalue weighted by molar-refractivity contribution is 0.0742. The lowest BCUT2D eigenvalue weighted by Crippen LogP contribution is -2.54. The Labute approximate surface area is 111 Å². The Morgan fingerprint density at radius 2 is 1.94 bits per heavy atom. The van der Waals surface area contributed by atoms with E-state index >= 15 is 0 Å². The maximum absolute atomic E-state index is 4.73. The second kappa shape index (κ2) is 4.37. The van der Waals surface area contributed by atoms with Gasteiger partial charge in [-0.2, -0.15) is 5.10 Å². The molecular weight excluding hydrogens is 222 g/mol. The van der Waals surface area contributed by atoms with Crippen molar-refractivity contribution in [2.24, 2.45) is 5.41 Å². The van der Waals surface area contributed by atoms with Crippen LogP contribution < -0.4 is 5.32 Å². The Morgan fingerprint density at radius 3 is 2.33 bits per heavy atom. The summed E-state index contributed by atoms with van der Waals surface area (Å²) in [6, 6.07) is 1.07. The van der Waals surface area contributed by atoms with Gasteiger partial charge in [-0.1, -0.05) is 13.8 Å². The van der Waals surface area contributed by atoms with E-state index in [0.717, 1.165) is 0 Å². The van der Waals surface area contributed by atoms with E-state index in [1.54, 1.807) is 0 Å². The standard InChI is InChI=1S/C15H27N3/c1-9(2)18-11(4)14(10(3)17-18)12-8-13(16-7)15(12,5)6/h9,12-13,16H,8H2,1-7H3. The fourth-order valence-corrected chi connectivity index (χ4v) is 3.59. The van der Waals surface area contributed by atoms with Crippen LogP contribution in [-0.4, -0.2) is 22.9 Å². The van der Waals surface area contributed by atoms with Gasteiger partial charge in [0.05, 0.1) is 5.69 Å². The van der Waals surface area contributed by atoms with E-state index in [2.05, 4.69) is 58.6 Å². The number of rotatable bonds is 3. The van der Waals surface area contributed by atoms with Gasteiger partial charge >= 0.3 is 0 Å². The van der Waals surface area contributed by atoms with Gasteiger partial charge in [-0.05, 0) is 58.1 Å². The molecule has 0 bridgehead atoms. The van der Waals surface area contributed by atoms with Gasteiger partial charge in [0.1, 0.15) is 0 Å². The van der Waals surface area contributed by atoms with Crippen LogP contribution in [0, 0.1) is 19.3 Å². The molecule has 1 saturated carbocycles. The number of aromatic nitrogens is 2. The Hall–Kier alpha value is -0.830. The molecule has 2 unspecified atom stereocenters. The van der Waals surface area contributed by atoms with Crippen molar-refractivity contribution in [3.63, 3.8) is 0 Å². The first-order valence-corrected chi connectivity index (χ1v) is 7.03. The molecule has 1 aliphatic rings. The Bertz CT molecular complexity index is 443. The highest BCUT2D eigenvalue weighted by Crippen LogP contribution is 2.53. The Morgan fingerprint density at radius 1 is 1.33 bits per heavy atom. The maximum Gasteiger partial charge on any atom is 0.0631 e. The van der Waals surface area contributed by atoms with Crippen molar-refractivity contribution in [2.75, 3.05) is 7.05 Å². The van der Waals surface area contributed by atoms with Crippen molar-refractivity contribution < 1.29 is 0 Å². The number of aryl methyl sites for hydroxylation is 1. The highest BCUT2D eigenvalue weighted by atomic mass is 15.3. The average Bonchev–Trinajstić information content (AvgIpc) is 2.56. The first kappa shape index (κ1) is 13.6. The van der Waals surface area contributed by atoms with Gasteiger partial charge in [-0.25, -0.2) is 0 Å². The zero-order chi connectivity index (χ0) is 13.7. The number of nitrogens with one attached hydrogen (secondary N) is 1. The number of nitrogens with zero attached hydrogens (tertiary/aromatic N) is 2. The summed E-state index contributed by atoms with van der Waals surface area (Å²) in [5, 5.41) is 8.16. The fraction of sp³-hybridized carbons (Fsp3) is 0.800.